The molecule has 0 spiro atoms. The number of imidazole rings is 1. The zero-order valence-corrected chi connectivity index (χ0v) is 20.9. The minimum absolute atomic E-state index is 0.0349. The summed E-state index contributed by atoms with van der Waals surface area (Å²) in [7, 11) is 0. The molecule has 0 aromatic carbocycles. The van der Waals surface area contributed by atoms with Crippen molar-refractivity contribution in [2.24, 2.45) is 11.5 Å². The van der Waals surface area contributed by atoms with E-state index in [0.29, 0.717) is 43.7 Å². The number of H-pyrrole nitrogens is 1. The van der Waals surface area contributed by atoms with Gasteiger partial charge in [-0.2, -0.15) is 24.4 Å². The summed E-state index contributed by atoms with van der Waals surface area (Å²) in [4.78, 5) is 56.5. The molecule has 0 aliphatic carbocycles. The van der Waals surface area contributed by atoms with Crippen LogP contribution in [0.4, 0.5) is 0 Å². The molecule has 3 amide bonds. The largest absolute Gasteiger partial charge is 0.480 e. The normalized spacial score (nSPS) is 14.5. The van der Waals surface area contributed by atoms with Crippen LogP contribution in [0.2, 0.25) is 0 Å². The molecule has 0 aliphatic heterocycles. The van der Waals surface area contributed by atoms with Gasteiger partial charge in [0.05, 0.1) is 12.4 Å². The van der Waals surface area contributed by atoms with E-state index in [9.17, 15) is 24.3 Å². The maximum Gasteiger partial charge on any atom is 0.327 e. The Morgan fingerprint density at radius 1 is 1.09 bits per heavy atom. The summed E-state index contributed by atoms with van der Waals surface area (Å²) in [6.07, 6.45) is 6.84. The van der Waals surface area contributed by atoms with Crippen LogP contribution in [0.5, 0.6) is 0 Å². The van der Waals surface area contributed by atoms with Gasteiger partial charge in [-0.3, -0.25) is 14.4 Å². The van der Waals surface area contributed by atoms with Crippen LogP contribution in [-0.2, 0) is 25.6 Å². The van der Waals surface area contributed by atoms with E-state index in [1.807, 2.05) is 6.26 Å². The highest BCUT2D eigenvalue weighted by Crippen LogP contribution is 2.06. The lowest BCUT2D eigenvalue weighted by Crippen LogP contribution is -2.57. The lowest BCUT2D eigenvalue weighted by molar-refractivity contribution is -0.141. The van der Waals surface area contributed by atoms with Gasteiger partial charge in [0.25, 0.3) is 0 Å². The summed E-state index contributed by atoms with van der Waals surface area (Å²) in [5.41, 5.74) is 12.0. The summed E-state index contributed by atoms with van der Waals surface area (Å²) in [5, 5.41) is 16.9. The summed E-state index contributed by atoms with van der Waals surface area (Å²) in [5.74, 6) is -2.43. The number of carboxylic acids is 1. The number of thioether (sulfide) groups is 1. The number of nitrogens with one attached hydrogen (secondary N) is 4. The lowest BCUT2D eigenvalue weighted by atomic mass is 10.1. The molecule has 0 bridgehead atoms. The number of nitrogens with zero attached hydrogens (tertiary/aromatic N) is 1. The standard InChI is InChI=1S/C20H35N7O5S2/c1-34-7-5-13(22)17(28)25-14(4-2-3-6-21)18(29)26-15(8-12-9-23-11-24-12)19(30)27-16(10-33)20(31)32/h9,11,13-16,33H,2-8,10,21-22H2,1H3,(H,23,24)(H,25,28)(H,26,29)(H,27,30)(H,31,32). The fraction of sp³-hybridized carbons (Fsp3) is 0.650. The molecule has 192 valence electrons. The number of unbranched alkanes of at least 4 members (excludes halogenated alkanes) is 1. The van der Waals surface area contributed by atoms with Gasteiger partial charge in [-0.1, -0.05) is 0 Å². The third-order valence-corrected chi connectivity index (χ3v) is 5.97. The molecule has 1 heterocycles. The predicted molar refractivity (Wildman–Crippen MR) is 133 cm³/mol. The monoisotopic (exact) mass is 517 g/mol. The van der Waals surface area contributed by atoms with Crippen molar-refractivity contribution in [1.29, 1.82) is 0 Å². The van der Waals surface area contributed by atoms with E-state index < -0.39 is 47.9 Å². The number of aliphatic carboxylic acids is 1. The maximum absolute atomic E-state index is 13.1. The first-order chi connectivity index (χ1) is 16.2. The third-order valence-electron chi connectivity index (χ3n) is 4.96. The number of carboxylic acid groups (broad SMARTS) is 1. The van der Waals surface area contributed by atoms with Crippen molar-refractivity contribution in [2.75, 3.05) is 24.3 Å². The molecule has 0 radical (unpaired) electrons. The Balaban J connectivity index is 2.98. The molecule has 12 nitrogen and oxygen atoms in total. The zero-order chi connectivity index (χ0) is 25.5. The predicted octanol–water partition coefficient (Wildman–Crippen LogP) is -1.37. The van der Waals surface area contributed by atoms with Crippen molar-refractivity contribution in [3.05, 3.63) is 18.2 Å². The first-order valence-corrected chi connectivity index (χ1v) is 12.9. The van der Waals surface area contributed by atoms with Crippen LogP contribution in [0.3, 0.4) is 0 Å². The van der Waals surface area contributed by atoms with E-state index in [1.54, 1.807) is 11.8 Å². The SMILES string of the molecule is CSCCC(N)C(=O)NC(CCCCN)C(=O)NC(Cc1cnc[nH]1)C(=O)NC(CS)C(=O)O. The van der Waals surface area contributed by atoms with Gasteiger partial charge in [-0.05, 0) is 44.2 Å². The van der Waals surface area contributed by atoms with Crippen LogP contribution >= 0.6 is 24.4 Å². The second kappa shape index (κ2) is 16.4. The molecule has 9 N–H and O–H groups in total. The van der Waals surface area contributed by atoms with Gasteiger partial charge in [-0.25, -0.2) is 9.78 Å². The topological polar surface area (TPSA) is 205 Å². The van der Waals surface area contributed by atoms with Gasteiger partial charge >= 0.3 is 5.97 Å². The van der Waals surface area contributed by atoms with Gasteiger partial charge in [-0.15, -0.1) is 0 Å². The molecule has 0 aliphatic rings. The van der Waals surface area contributed by atoms with Crippen molar-refractivity contribution in [3.63, 3.8) is 0 Å². The van der Waals surface area contributed by atoms with Crippen molar-refractivity contribution in [2.45, 2.75) is 56.3 Å². The fourth-order valence-electron chi connectivity index (χ4n) is 2.97. The van der Waals surface area contributed by atoms with Gasteiger partial charge in [0.1, 0.15) is 18.1 Å². The number of hydrogen-bond donors (Lipinski definition) is 8. The van der Waals surface area contributed by atoms with Crippen LogP contribution in [0.1, 0.15) is 31.4 Å². The molecule has 1 aromatic rings. The Morgan fingerprint density at radius 3 is 2.29 bits per heavy atom. The number of thiol groups is 1. The van der Waals surface area contributed by atoms with Crippen LogP contribution < -0.4 is 27.4 Å². The second-order valence-corrected chi connectivity index (χ2v) is 9.01. The van der Waals surface area contributed by atoms with Gasteiger partial charge < -0.3 is 37.5 Å². The van der Waals surface area contributed by atoms with E-state index in [1.165, 1.54) is 12.5 Å². The lowest BCUT2D eigenvalue weighted by Gasteiger charge is -2.25. The Hall–Kier alpha value is -2.29. The molecule has 4 atom stereocenters. The van der Waals surface area contributed by atoms with Crippen LogP contribution in [0.15, 0.2) is 12.5 Å². The summed E-state index contributed by atoms with van der Waals surface area (Å²) < 4.78 is 0. The highest BCUT2D eigenvalue weighted by molar-refractivity contribution is 7.98. The Morgan fingerprint density at radius 2 is 1.74 bits per heavy atom. The average molecular weight is 518 g/mol. The highest BCUT2D eigenvalue weighted by Gasteiger charge is 2.30. The average Bonchev–Trinajstić information content (AvgIpc) is 3.32. The molecule has 1 rings (SSSR count). The van der Waals surface area contributed by atoms with E-state index in [2.05, 4.69) is 38.5 Å². The second-order valence-electron chi connectivity index (χ2n) is 7.66. The van der Waals surface area contributed by atoms with Gasteiger partial charge in [0.2, 0.25) is 17.7 Å². The number of aromatic nitrogens is 2. The first-order valence-electron chi connectivity index (χ1n) is 10.9. The number of carbonyl (C=O) groups is 4. The molecule has 14 heteroatoms. The zero-order valence-electron chi connectivity index (χ0n) is 19.2. The molecule has 0 saturated carbocycles. The molecule has 4 unspecified atom stereocenters. The number of amides is 3. The van der Waals surface area contributed by atoms with Crippen molar-refractivity contribution < 1.29 is 24.3 Å². The summed E-state index contributed by atoms with van der Waals surface area (Å²) >= 11 is 5.51. The van der Waals surface area contributed by atoms with Crippen molar-refractivity contribution >= 4 is 48.1 Å². The maximum atomic E-state index is 13.1. The summed E-state index contributed by atoms with van der Waals surface area (Å²) in [6, 6.07) is -4.05. The van der Waals surface area contributed by atoms with Crippen LogP contribution in [0.25, 0.3) is 0 Å². The fourth-order valence-corrected chi connectivity index (χ4v) is 3.71. The number of carbonyl (C=O) groups excluding carboxylic acids is 3. The number of aromatic amines is 1. The van der Waals surface area contributed by atoms with Crippen LogP contribution in [-0.4, -0.2) is 87.2 Å². The van der Waals surface area contributed by atoms with Gasteiger partial charge in [0.15, 0.2) is 0 Å². The number of hydrogen-bond acceptors (Lipinski definition) is 9. The Kier molecular flexibility index (Phi) is 14.3. The molecule has 0 saturated heterocycles. The van der Waals surface area contributed by atoms with E-state index >= 15 is 0 Å². The van der Waals surface area contributed by atoms with E-state index in [4.69, 9.17) is 11.5 Å². The quantitative estimate of drug-likeness (QED) is 0.0905. The number of nitrogens with two attached hydrogens (primary N) is 2. The molecular formula is C20H35N7O5S2. The minimum atomic E-state index is -1.25. The van der Waals surface area contributed by atoms with Gasteiger partial charge in [0, 0.05) is 24.1 Å². The highest BCUT2D eigenvalue weighted by atomic mass is 32.2. The Labute approximate surface area is 208 Å². The first kappa shape index (κ1) is 29.7. The van der Waals surface area contributed by atoms with Crippen molar-refractivity contribution in [1.82, 2.24) is 25.9 Å². The molecular weight excluding hydrogens is 482 g/mol. The smallest absolute Gasteiger partial charge is 0.327 e. The van der Waals surface area contributed by atoms with Crippen LogP contribution in [0, 0.1) is 0 Å². The third kappa shape index (κ3) is 10.8. The van der Waals surface area contributed by atoms with Crippen molar-refractivity contribution in [3.8, 4) is 0 Å². The molecule has 1 aromatic heterocycles. The van der Waals surface area contributed by atoms with E-state index in [-0.39, 0.29) is 12.2 Å². The number of rotatable bonds is 17. The molecule has 0 fully saturated rings. The van der Waals surface area contributed by atoms with E-state index in [0.717, 1.165) is 0 Å². The summed E-state index contributed by atoms with van der Waals surface area (Å²) in [6.45, 7) is 0.431. The Bertz CT molecular complexity index is 781. The molecule has 34 heavy (non-hydrogen) atoms. The minimum Gasteiger partial charge on any atom is -0.480 e.